The molecule has 23 heavy (non-hydrogen) atoms. The number of hydrogen-bond acceptors (Lipinski definition) is 3. The standard InChI is InChI=1S/C20H27NO2/c1-3-22-14-8-13-21-15-18-10-6-7-12-20(18)23-16-19-11-5-4-9-17(19)2/h4-7,9-12,21H,3,8,13-16H2,1-2H3. The summed E-state index contributed by atoms with van der Waals surface area (Å²) < 4.78 is 11.4. The molecule has 0 saturated heterocycles. The van der Waals surface area contributed by atoms with Gasteiger partial charge in [-0.05, 0) is 44.0 Å². The average molecular weight is 313 g/mol. The van der Waals surface area contributed by atoms with Crippen LogP contribution in [0, 0.1) is 6.92 Å². The summed E-state index contributed by atoms with van der Waals surface area (Å²) in [5.74, 6) is 0.952. The maximum absolute atomic E-state index is 6.03. The van der Waals surface area contributed by atoms with E-state index >= 15 is 0 Å². The van der Waals surface area contributed by atoms with Crippen LogP contribution in [0.2, 0.25) is 0 Å². The predicted octanol–water partition coefficient (Wildman–Crippen LogP) is 4.09. The van der Waals surface area contributed by atoms with Crippen molar-refractivity contribution in [3.63, 3.8) is 0 Å². The molecule has 0 aliphatic rings. The van der Waals surface area contributed by atoms with Crippen LogP contribution in [-0.4, -0.2) is 19.8 Å². The second kappa shape index (κ2) is 10.0. The molecule has 0 aromatic heterocycles. The summed E-state index contributed by atoms with van der Waals surface area (Å²) in [5, 5.41) is 3.45. The van der Waals surface area contributed by atoms with E-state index in [1.165, 1.54) is 16.7 Å². The van der Waals surface area contributed by atoms with Crippen molar-refractivity contribution in [3.05, 3.63) is 65.2 Å². The van der Waals surface area contributed by atoms with Crippen LogP contribution >= 0.6 is 0 Å². The minimum absolute atomic E-state index is 0.605. The molecule has 0 heterocycles. The summed E-state index contributed by atoms with van der Waals surface area (Å²) in [6.07, 6.45) is 1.03. The Hall–Kier alpha value is -1.84. The lowest BCUT2D eigenvalue weighted by molar-refractivity contribution is 0.144. The van der Waals surface area contributed by atoms with Crippen LogP contribution in [0.25, 0.3) is 0 Å². The molecule has 3 heteroatoms. The van der Waals surface area contributed by atoms with Gasteiger partial charge >= 0.3 is 0 Å². The van der Waals surface area contributed by atoms with Gasteiger partial charge in [0.25, 0.3) is 0 Å². The topological polar surface area (TPSA) is 30.5 Å². The molecule has 0 bridgehead atoms. The number of nitrogens with one attached hydrogen (secondary N) is 1. The number of para-hydroxylation sites is 1. The highest BCUT2D eigenvalue weighted by atomic mass is 16.5. The number of rotatable bonds is 10. The summed E-state index contributed by atoms with van der Waals surface area (Å²) in [5.41, 5.74) is 3.68. The quantitative estimate of drug-likeness (QED) is 0.670. The van der Waals surface area contributed by atoms with Crippen LogP contribution in [0.3, 0.4) is 0 Å². The third-order valence-electron chi connectivity index (χ3n) is 3.78. The van der Waals surface area contributed by atoms with Gasteiger partial charge in [-0.15, -0.1) is 0 Å². The van der Waals surface area contributed by atoms with E-state index in [0.29, 0.717) is 6.61 Å². The van der Waals surface area contributed by atoms with Crippen LogP contribution in [-0.2, 0) is 17.9 Å². The molecule has 0 aliphatic heterocycles. The van der Waals surface area contributed by atoms with Gasteiger partial charge in [-0.3, -0.25) is 0 Å². The number of ether oxygens (including phenoxy) is 2. The minimum Gasteiger partial charge on any atom is -0.489 e. The molecule has 3 nitrogen and oxygen atoms in total. The molecule has 124 valence electrons. The number of hydrogen-bond donors (Lipinski definition) is 1. The molecular formula is C20H27NO2. The zero-order valence-corrected chi connectivity index (χ0v) is 14.2. The van der Waals surface area contributed by atoms with Crippen molar-refractivity contribution in [1.29, 1.82) is 0 Å². The molecule has 2 rings (SSSR count). The van der Waals surface area contributed by atoms with Crippen molar-refractivity contribution in [2.45, 2.75) is 33.4 Å². The lowest BCUT2D eigenvalue weighted by atomic mass is 10.1. The first-order chi connectivity index (χ1) is 11.3. The zero-order chi connectivity index (χ0) is 16.3. The van der Waals surface area contributed by atoms with E-state index in [2.05, 4.69) is 48.6 Å². The molecule has 0 fully saturated rings. The van der Waals surface area contributed by atoms with E-state index in [0.717, 1.165) is 38.5 Å². The van der Waals surface area contributed by atoms with E-state index in [9.17, 15) is 0 Å². The summed E-state index contributed by atoms with van der Waals surface area (Å²) >= 11 is 0. The molecule has 0 amide bonds. The van der Waals surface area contributed by atoms with Crippen molar-refractivity contribution in [2.75, 3.05) is 19.8 Å². The number of aryl methyl sites for hydroxylation is 1. The molecule has 0 radical (unpaired) electrons. The summed E-state index contributed by atoms with van der Waals surface area (Å²) in [6, 6.07) is 16.6. The van der Waals surface area contributed by atoms with E-state index in [1.807, 2.05) is 19.1 Å². The summed E-state index contributed by atoms with van der Waals surface area (Å²) in [6.45, 7) is 8.11. The predicted molar refractivity (Wildman–Crippen MR) is 94.8 cm³/mol. The Balaban J connectivity index is 1.84. The van der Waals surface area contributed by atoms with Gasteiger partial charge < -0.3 is 14.8 Å². The number of benzene rings is 2. The van der Waals surface area contributed by atoms with Gasteiger partial charge in [-0.2, -0.15) is 0 Å². The van der Waals surface area contributed by atoms with Crippen molar-refractivity contribution in [2.24, 2.45) is 0 Å². The van der Waals surface area contributed by atoms with Crippen LogP contribution in [0.15, 0.2) is 48.5 Å². The molecule has 2 aromatic carbocycles. The van der Waals surface area contributed by atoms with Crippen molar-refractivity contribution >= 4 is 0 Å². The Morgan fingerprint density at radius 3 is 2.48 bits per heavy atom. The van der Waals surface area contributed by atoms with Gasteiger partial charge in [0.1, 0.15) is 12.4 Å². The Kier molecular flexibility index (Phi) is 7.64. The molecule has 0 aliphatic carbocycles. The van der Waals surface area contributed by atoms with Crippen molar-refractivity contribution in [1.82, 2.24) is 5.32 Å². The second-order valence-corrected chi connectivity index (χ2v) is 5.55. The highest BCUT2D eigenvalue weighted by Gasteiger charge is 2.04. The monoisotopic (exact) mass is 313 g/mol. The van der Waals surface area contributed by atoms with Crippen LogP contribution < -0.4 is 10.1 Å². The SMILES string of the molecule is CCOCCCNCc1ccccc1OCc1ccccc1C. The molecule has 0 spiro atoms. The van der Waals surface area contributed by atoms with E-state index in [1.54, 1.807) is 0 Å². The maximum atomic E-state index is 6.03. The third kappa shape index (κ3) is 6.05. The highest BCUT2D eigenvalue weighted by molar-refractivity contribution is 5.34. The van der Waals surface area contributed by atoms with E-state index in [4.69, 9.17) is 9.47 Å². The first-order valence-electron chi connectivity index (χ1n) is 8.35. The smallest absolute Gasteiger partial charge is 0.124 e. The maximum Gasteiger partial charge on any atom is 0.124 e. The fourth-order valence-electron chi connectivity index (χ4n) is 2.38. The molecule has 0 unspecified atom stereocenters. The van der Waals surface area contributed by atoms with Gasteiger partial charge in [-0.1, -0.05) is 42.5 Å². The molecule has 2 aromatic rings. The van der Waals surface area contributed by atoms with Crippen molar-refractivity contribution < 1.29 is 9.47 Å². The Bertz CT molecular complexity index is 583. The lowest BCUT2D eigenvalue weighted by Gasteiger charge is -2.13. The molecular weight excluding hydrogens is 286 g/mol. The van der Waals surface area contributed by atoms with Crippen LogP contribution in [0.1, 0.15) is 30.0 Å². The minimum atomic E-state index is 0.605. The fourth-order valence-corrected chi connectivity index (χ4v) is 2.38. The first-order valence-corrected chi connectivity index (χ1v) is 8.35. The van der Waals surface area contributed by atoms with Crippen molar-refractivity contribution in [3.8, 4) is 5.75 Å². The van der Waals surface area contributed by atoms with E-state index in [-0.39, 0.29) is 0 Å². The molecule has 0 atom stereocenters. The fraction of sp³-hybridized carbons (Fsp3) is 0.400. The summed E-state index contributed by atoms with van der Waals surface area (Å²) in [4.78, 5) is 0. The lowest BCUT2D eigenvalue weighted by Crippen LogP contribution is -2.17. The Morgan fingerprint density at radius 1 is 0.957 bits per heavy atom. The molecule has 0 saturated carbocycles. The first kappa shape index (κ1) is 17.5. The van der Waals surface area contributed by atoms with Gasteiger partial charge in [0.2, 0.25) is 0 Å². The highest BCUT2D eigenvalue weighted by Crippen LogP contribution is 2.20. The summed E-state index contributed by atoms with van der Waals surface area (Å²) in [7, 11) is 0. The van der Waals surface area contributed by atoms with Gasteiger partial charge in [0.05, 0.1) is 0 Å². The largest absolute Gasteiger partial charge is 0.489 e. The van der Waals surface area contributed by atoms with Gasteiger partial charge in [0, 0.05) is 25.3 Å². The van der Waals surface area contributed by atoms with Gasteiger partial charge in [0.15, 0.2) is 0 Å². The average Bonchev–Trinajstić information content (AvgIpc) is 2.58. The third-order valence-corrected chi connectivity index (χ3v) is 3.78. The Morgan fingerprint density at radius 2 is 1.70 bits per heavy atom. The zero-order valence-electron chi connectivity index (χ0n) is 14.2. The normalized spacial score (nSPS) is 10.7. The van der Waals surface area contributed by atoms with Gasteiger partial charge in [-0.25, -0.2) is 0 Å². The van der Waals surface area contributed by atoms with E-state index < -0.39 is 0 Å². The Labute approximate surface area is 139 Å². The van der Waals surface area contributed by atoms with Crippen LogP contribution in [0.4, 0.5) is 0 Å². The second-order valence-electron chi connectivity index (χ2n) is 5.55. The van der Waals surface area contributed by atoms with Crippen LogP contribution in [0.5, 0.6) is 5.75 Å². The molecule has 1 N–H and O–H groups in total.